The molecule has 0 fully saturated rings. The molecule has 2 aromatic heterocycles. The van der Waals surface area contributed by atoms with Gasteiger partial charge in [-0.15, -0.1) is 0 Å². The Labute approximate surface area is 238 Å². The van der Waals surface area contributed by atoms with Gasteiger partial charge < -0.3 is 10.1 Å². The highest BCUT2D eigenvalue weighted by Gasteiger charge is 2.30. The lowest BCUT2D eigenvalue weighted by atomic mass is 10.0. The zero-order chi connectivity index (χ0) is 29.4. The second-order valence-electron chi connectivity index (χ2n) is 9.84. The van der Waals surface area contributed by atoms with Crippen LogP contribution in [0.1, 0.15) is 25.3 Å². The van der Waals surface area contributed by atoms with Gasteiger partial charge in [-0.05, 0) is 78.1 Å². The van der Waals surface area contributed by atoms with Gasteiger partial charge in [-0.2, -0.15) is 18.3 Å². The van der Waals surface area contributed by atoms with Crippen LogP contribution in [-0.2, 0) is 6.18 Å². The van der Waals surface area contributed by atoms with Gasteiger partial charge in [-0.25, -0.2) is 4.99 Å². The average molecular weight is 570 g/mol. The predicted octanol–water partition coefficient (Wildman–Crippen LogP) is 5.95. The van der Waals surface area contributed by atoms with Gasteiger partial charge in [0.15, 0.2) is 5.49 Å². The van der Waals surface area contributed by atoms with Crippen LogP contribution in [0.4, 0.5) is 18.9 Å². The van der Waals surface area contributed by atoms with E-state index in [0.29, 0.717) is 45.4 Å². The highest BCUT2D eigenvalue weighted by atomic mass is 19.4. The Balaban J connectivity index is 1.54. The van der Waals surface area contributed by atoms with Crippen molar-refractivity contribution in [3.8, 4) is 22.6 Å². The van der Waals surface area contributed by atoms with E-state index >= 15 is 0 Å². The summed E-state index contributed by atoms with van der Waals surface area (Å²) in [5.74, 6) is 1.36. The molecule has 7 nitrogen and oxygen atoms in total. The van der Waals surface area contributed by atoms with Crippen molar-refractivity contribution >= 4 is 22.7 Å². The number of hydrogen-bond donors (Lipinski definition) is 2. The van der Waals surface area contributed by atoms with Gasteiger partial charge >= 0.3 is 6.18 Å². The van der Waals surface area contributed by atoms with E-state index < -0.39 is 11.7 Å². The third kappa shape index (κ3) is 4.96. The van der Waals surface area contributed by atoms with E-state index in [1.54, 1.807) is 31.4 Å². The van der Waals surface area contributed by atoms with Crippen LogP contribution in [-0.4, -0.2) is 21.9 Å². The standard InChI is InChI=1S/C32H26F3N5O2/c1-3-19-9-16-26-28-27(18-36-39-28)31(41)40(30(26)38-29(19)37-23-12-14-25(42-2)15-13-23)24-6-4-5-21(17-24)20-7-10-22(11-8-20)32(33,34)35/h4-8,10-18,37H,3,9H2,1-2H3,(H,36,39). The normalized spacial score (nSPS) is 13.3. The molecule has 1 aliphatic heterocycles. The summed E-state index contributed by atoms with van der Waals surface area (Å²) in [5, 5.41) is 11.7. The molecule has 0 unspecified atom stereocenters. The number of fused-ring (bicyclic) bond motifs is 3. The van der Waals surface area contributed by atoms with Crippen LogP contribution in [0.15, 0.2) is 100 Å². The minimum absolute atomic E-state index is 0.317. The molecule has 0 radical (unpaired) electrons. The molecule has 212 valence electrons. The number of anilines is 1. The Hall–Kier alpha value is -5.12. The SMILES string of the molecule is CCC1=C(Nc2ccc(OC)cc2)N=c2c(c3[nH]ncc3c(=O)n2-c2cccc(-c3ccc(C(F)(F)F)cc3)c2)=CC1. The quantitative estimate of drug-likeness (QED) is 0.265. The molecule has 0 bridgehead atoms. The molecule has 1 aliphatic rings. The summed E-state index contributed by atoms with van der Waals surface area (Å²) in [4.78, 5) is 19.0. The molecule has 3 heterocycles. The number of methoxy groups -OCH3 is 1. The molecule has 0 saturated heterocycles. The van der Waals surface area contributed by atoms with Gasteiger partial charge in [0.05, 0.1) is 35.5 Å². The number of pyridine rings is 1. The molecule has 0 aliphatic carbocycles. The van der Waals surface area contributed by atoms with E-state index in [2.05, 4.69) is 22.4 Å². The van der Waals surface area contributed by atoms with E-state index in [1.807, 2.05) is 30.3 Å². The van der Waals surface area contributed by atoms with Crippen LogP contribution in [0.2, 0.25) is 0 Å². The third-order valence-corrected chi connectivity index (χ3v) is 7.33. The summed E-state index contributed by atoms with van der Waals surface area (Å²) in [7, 11) is 1.61. The van der Waals surface area contributed by atoms with E-state index in [0.717, 1.165) is 40.8 Å². The van der Waals surface area contributed by atoms with Crippen molar-refractivity contribution in [1.82, 2.24) is 14.8 Å². The number of H-pyrrole nitrogens is 1. The van der Waals surface area contributed by atoms with Crippen LogP contribution in [0.3, 0.4) is 0 Å². The molecular weight excluding hydrogens is 543 g/mol. The van der Waals surface area contributed by atoms with Crippen LogP contribution >= 0.6 is 0 Å². The largest absolute Gasteiger partial charge is 0.497 e. The van der Waals surface area contributed by atoms with Crippen LogP contribution in [0, 0.1) is 0 Å². The number of halogens is 3. The van der Waals surface area contributed by atoms with Crippen molar-refractivity contribution in [3.05, 3.63) is 117 Å². The first-order valence-electron chi connectivity index (χ1n) is 13.3. The van der Waals surface area contributed by atoms with E-state index in [9.17, 15) is 18.0 Å². The van der Waals surface area contributed by atoms with Gasteiger partial charge in [-0.3, -0.25) is 14.5 Å². The predicted molar refractivity (Wildman–Crippen MR) is 156 cm³/mol. The van der Waals surface area contributed by atoms with E-state index in [-0.39, 0.29) is 5.56 Å². The maximum Gasteiger partial charge on any atom is 0.416 e. The van der Waals surface area contributed by atoms with Crippen molar-refractivity contribution in [2.24, 2.45) is 4.99 Å². The Morgan fingerprint density at radius 1 is 1.02 bits per heavy atom. The number of alkyl halides is 3. The molecule has 6 rings (SSSR count). The number of aromatic amines is 1. The Kier molecular flexibility index (Phi) is 6.89. The Bertz CT molecular complexity index is 2010. The number of nitrogens with one attached hydrogen (secondary N) is 2. The summed E-state index contributed by atoms with van der Waals surface area (Å²) in [5.41, 5.74) is 3.60. The van der Waals surface area contributed by atoms with Crippen molar-refractivity contribution in [2.75, 3.05) is 12.4 Å². The van der Waals surface area contributed by atoms with Crippen LogP contribution in [0.25, 0.3) is 33.8 Å². The number of rotatable bonds is 6. The first-order valence-corrected chi connectivity index (χ1v) is 13.3. The fourth-order valence-electron chi connectivity index (χ4n) is 5.07. The van der Waals surface area contributed by atoms with E-state index in [4.69, 9.17) is 9.73 Å². The second-order valence-corrected chi connectivity index (χ2v) is 9.84. The van der Waals surface area contributed by atoms with Gasteiger partial charge in [0.25, 0.3) is 5.56 Å². The minimum atomic E-state index is -4.42. The molecule has 10 heteroatoms. The Morgan fingerprint density at radius 2 is 1.79 bits per heavy atom. The molecule has 3 aromatic carbocycles. The Morgan fingerprint density at radius 3 is 2.48 bits per heavy atom. The van der Waals surface area contributed by atoms with Gasteiger partial charge in [0, 0.05) is 10.9 Å². The van der Waals surface area contributed by atoms with Gasteiger partial charge in [-0.1, -0.05) is 37.3 Å². The summed E-state index contributed by atoms with van der Waals surface area (Å²) in [6.07, 6.45) is 0.440. The number of allylic oxidation sites excluding steroid dienone is 1. The topological polar surface area (TPSA) is 84.3 Å². The van der Waals surface area contributed by atoms with Crippen molar-refractivity contribution in [3.63, 3.8) is 0 Å². The van der Waals surface area contributed by atoms with Gasteiger partial charge in [0.1, 0.15) is 11.6 Å². The van der Waals surface area contributed by atoms with Crippen molar-refractivity contribution in [2.45, 2.75) is 25.9 Å². The summed E-state index contributed by atoms with van der Waals surface area (Å²) in [6, 6.07) is 19.6. The maximum absolute atomic E-state index is 13.9. The molecule has 5 aromatic rings. The van der Waals surface area contributed by atoms with Crippen molar-refractivity contribution < 1.29 is 17.9 Å². The highest BCUT2D eigenvalue weighted by molar-refractivity contribution is 5.79. The molecule has 0 spiro atoms. The fraction of sp³-hybridized carbons (Fsp3) is 0.156. The first-order chi connectivity index (χ1) is 20.3. The highest BCUT2D eigenvalue weighted by Crippen LogP contribution is 2.31. The lowest BCUT2D eigenvalue weighted by Crippen LogP contribution is -2.43. The lowest BCUT2D eigenvalue weighted by Gasteiger charge is -2.13. The first kappa shape index (κ1) is 27.1. The zero-order valence-electron chi connectivity index (χ0n) is 22.8. The molecular formula is C32H26F3N5O2. The molecule has 0 amide bonds. The fourth-order valence-corrected chi connectivity index (χ4v) is 5.07. The van der Waals surface area contributed by atoms with Gasteiger partial charge in [0.2, 0.25) is 0 Å². The monoisotopic (exact) mass is 569 g/mol. The van der Waals surface area contributed by atoms with Crippen LogP contribution < -0.4 is 26.3 Å². The lowest BCUT2D eigenvalue weighted by molar-refractivity contribution is -0.137. The maximum atomic E-state index is 13.9. The molecule has 0 saturated carbocycles. The third-order valence-electron chi connectivity index (χ3n) is 7.33. The summed E-state index contributed by atoms with van der Waals surface area (Å²) < 4.78 is 46.2. The minimum Gasteiger partial charge on any atom is -0.497 e. The van der Waals surface area contributed by atoms with Crippen molar-refractivity contribution in [1.29, 1.82) is 0 Å². The molecule has 0 atom stereocenters. The molecule has 42 heavy (non-hydrogen) atoms. The summed E-state index contributed by atoms with van der Waals surface area (Å²) >= 11 is 0. The summed E-state index contributed by atoms with van der Waals surface area (Å²) in [6.45, 7) is 2.05. The van der Waals surface area contributed by atoms with Crippen LogP contribution in [0.5, 0.6) is 5.75 Å². The van der Waals surface area contributed by atoms with E-state index in [1.165, 1.54) is 22.9 Å². The smallest absolute Gasteiger partial charge is 0.416 e. The number of hydrogen-bond acceptors (Lipinski definition) is 5. The number of nitrogens with zero attached hydrogens (tertiary/aromatic N) is 3. The zero-order valence-corrected chi connectivity index (χ0v) is 22.8. The molecule has 2 N–H and O–H groups in total. The number of aromatic nitrogens is 3. The average Bonchev–Trinajstić information content (AvgIpc) is 3.42. The number of benzene rings is 3. The number of ether oxygens (including phenoxy) is 1. The second kappa shape index (κ2) is 10.7.